The molecule has 0 aliphatic carbocycles. The zero-order chi connectivity index (χ0) is 11.7. The lowest BCUT2D eigenvalue weighted by atomic mass is 10.2. The Bertz CT molecular complexity index is 514. The van der Waals surface area contributed by atoms with Crippen molar-refractivity contribution in [3.8, 4) is 0 Å². The molecule has 2 aromatic rings. The van der Waals surface area contributed by atoms with Gasteiger partial charge in [-0.3, -0.25) is 0 Å². The second-order valence-corrected chi connectivity index (χ2v) is 5.73. The Balaban J connectivity index is 1.83. The van der Waals surface area contributed by atoms with Gasteiger partial charge in [-0.2, -0.15) is 11.8 Å². The third-order valence-electron chi connectivity index (χ3n) is 3.20. The van der Waals surface area contributed by atoms with E-state index < -0.39 is 0 Å². The maximum atomic E-state index is 4.70. The minimum atomic E-state index is 0.564. The average molecular weight is 247 g/mol. The predicted molar refractivity (Wildman–Crippen MR) is 73.7 cm³/mol. The molecule has 0 bridgehead atoms. The van der Waals surface area contributed by atoms with E-state index >= 15 is 0 Å². The highest BCUT2D eigenvalue weighted by molar-refractivity contribution is 7.99. The van der Waals surface area contributed by atoms with Gasteiger partial charge in [0.2, 0.25) is 0 Å². The molecule has 2 heterocycles. The molecule has 1 aromatic heterocycles. The lowest BCUT2D eigenvalue weighted by Gasteiger charge is -2.21. The molecule has 1 atom stereocenters. The van der Waals surface area contributed by atoms with E-state index in [-0.39, 0.29) is 0 Å². The minimum absolute atomic E-state index is 0.564. The Kier molecular flexibility index (Phi) is 3.07. The number of rotatable bonds is 2. The summed E-state index contributed by atoms with van der Waals surface area (Å²) in [6.07, 6.45) is 1.00. The van der Waals surface area contributed by atoms with Crippen molar-refractivity contribution < 1.29 is 0 Å². The molecule has 1 unspecified atom stereocenters. The van der Waals surface area contributed by atoms with Crippen LogP contribution in [0, 0.1) is 6.92 Å². The van der Waals surface area contributed by atoms with Crippen molar-refractivity contribution in [1.29, 1.82) is 0 Å². The van der Waals surface area contributed by atoms with E-state index in [9.17, 15) is 0 Å². The van der Waals surface area contributed by atoms with Crippen molar-refractivity contribution in [2.24, 2.45) is 0 Å². The van der Waals surface area contributed by atoms with Crippen LogP contribution < -0.4 is 5.32 Å². The zero-order valence-corrected chi connectivity index (χ0v) is 10.8. The van der Waals surface area contributed by atoms with E-state index in [4.69, 9.17) is 4.98 Å². The van der Waals surface area contributed by atoms with Gasteiger partial charge >= 0.3 is 0 Å². The molecule has 17 heavy (non-hydrogen) atoms. The predicted octanol–water partition coefficient (Wildman–Crippen LogP) is 2.12. The normalized spacial score (nSPS) is 20.9. The number of aromatic nitrogens is 2. The van der Waals surface area contributed by atoms with Crippen molar-refractivity contribution >= 4 is 22.8 Å². The van der Waals surface area contributed by atoms with E-state index in [0.29, 0.717) is 6.04 Å². The first-order valence-electron chi connectivity index (χ1n) is 6.08. The third-order valence-corrected chi connectivity index (χ3v) is 4.33. The van der Waals surface area contributed by atoms with E-state index in [1.54, 1.807) is 0 Å². The number of nitrogens with one attached hydrogen (secondary N) is 2. The fourth-order valence-corrected chi connectivity index (χ4v) is 3.26. The molecule has 90 valence electrons. The summed E-state index contributed by atoms with van der Waals surface area (Å²) in [4.78, 5) is 8.12. The van der Waals surface area contributed by atoms with Crippen LogP contribution in [0.4, 0.5) is 0 Å². The van der Waals surface area contributed by atoms with Crippen molar-refractivity contribution in [3.05, 3.63) is 29.6 Å². The van der Waals surface area contributed by atoms with Gasteiger partial charge in [0.25, 0.3) is 0 Å². The number of fused-ring (bicyclic) bond motifs is 1. The Morgan fingerprint density at radius 1 is 1.47 bits per heavy atom. The standard InChI is InChI=1S/C13H17N3S/c1-9-3-2-4-11-13(9)16-12(15-11)7-10-8-17-6-5-14-10/h2-4,10,14H,5-8H2,1H3,(H,15,16). The fourth-order valence-electron chi connectivity index (χ4n) is 2.31. The van der Waals surface area contributed by atoms with Gasteiger partial charge in [0.1, 0.15) is 5.82 Å². The number of hydrogen-bond donors (Lipinski definition) is 2. The van der Waals surface area contributed by atoms with Crippen molar-refractivity contribution in [2.45, 2.75) is 19.4 Å². The molecular formula is C13H17N3S. The summed E-state index contributed by atoms with van der Waals surface area (Å²) in [7, 11) is 0. The van der Waals surface area contributed by atoms with E-state index in [2.05, 4.69) is 35.4 Å². The molecule has 0 saturated carbocycles. The Morgan fingerprint density at radius 3 is 3.18 bits per heavy atom. The van der Waals surface area contributed by atoms with Crippen LogP contribution in [-0.4, -0.2) is 34.1 Å². The first-order chi connectivity index (χ1) is 8.33. The summed E-state index contributed by atoms with van der Waals surface area (Å²) < 4.78 is 0. The Hall–Kier alpha value is -1.00. The third kappa shape index (κ3) is 2.33. The van der Waals surface area contributed by atoms with Crippen LogP contribution in [0.2, 0.25) is 0 Å². The number of thioether (sulfide) groups is 1. The summed E-state index contributed by atoms with van der Waals surface area (Å²) in [5.74, 6) is 3.53. The molecule has 0 amide bonds. The van der Waals surface area contributed by atoms with Crippen LogP contribution in [0.5, 0.6) is 0 Å². The van der Waals surface area contributed by atoms with Crippen LogP contribution in [0.3, 0.4) is 0 Å². The van der Waals surface area contributed by atoms with Crippen molar-refractivity contribution in [3.63, 3.8) is 0 Å². The zero-order valence-electron chi connectivity index (χ0n) is 9.99. The number of aryl methyl sites for hydroxylation is 1. The van der Waals surface area contributed by atoms with E-state index in [1.165, 1.54) is 17.1 Å². The maximum Gasteiger partial charge on any atom is 0.108 e. The molecule has 0 spiro atoms. The summed E-state index contributed by atoms with van der Waals surface area (Å²) in [5, 5.41) is 3.55. The second kappa shape index (κ2) is 4.70. The molecule has 4 heteroatoms. The quantitative estimate of drug-likeness (QED) is 0.854. The van der Waals surface area contributed by atoms with Gasteiger partial charge in [-0.1, -0.05) is 12.1 Å². The lowest BCUT2D eigenvalue weighted by Crippen LogP contribution is -2.39. The highest BCUT2D eigenvalue weighted by Gasteiger charge is 2.15. The highest BCUT2D eigenvalue weighted by Crippen LogP contribution is 2.17. The molecule has 2 N–H and O–H groups in total. The second-order valence-electron chi connectivity index (χ2n) is 4.58. The number of para-hydroxylation sites is 1. The van der Waals surface area contributed by atoms with Crippen LogP contribution in [-0.2, 0) is 6.42 Å². The molecule has 3 nitrogen and oxygen atoms in total. The number of nitrogens with zero attached hydrogens (tertiary/aromatic N) is 1. The number of H-pyrrole nitrogens is 1. The van der Waals surface area contributed by atoms with Gasteiger partial charge in [-0.05, 0) is 18.6 Å². The van der Waals surface area contributed by atoms with E-state index in [0.717, 1.165) is 29.8 Å². The molecular weight excluding hydrogens is 230 g/mol. The van der Waals surface area contributed by atoms with Crippen molar-refractivity contribution in [2.75, 3.05) is 18.1 Å². The largest absolute Gasteiger partial charge is 0.342 e. The smallest absolute Gasteiger partial charge is 0.108 e. The minimum Gasteiger partial charge on any atom is -0.342 e. The number of benzene rings is 1. The van der Waals surface area contributed by atoms with E-state index in [1.807, 2.05) is 11.8 Å². The number of hydrogen-bond acceptors (Lipinski definition) is 3. The topological polar surface area (TPSA) is 40.7 Å². The highest BCUT2D eigenvalue weighted by atomic mass is 32.2. The molecule has 1 saturated heterocycles. The molecule has 3 rings (SSSR count). The Morgan fingerprint density at radius 2 is 2.41 bits per heavy atom. The first-order valence-corrected chi connectivity index (χ1v) is 7.24. The van der Waals surface area contributed by atoms with Crippen LogP contribution in [0.25, 0.3) is 11.0 Å². The Labute approximate surface area is 105 Å². The van der Waals surface area contributed by atoms with Crippen LogP contribution in [0.15, 0.2) is 18.2 Å². The number of aromatic amines is 1. The number of imidazole rings is 1. The summed E-state index contributed by atoms with van der Waals surface area (Å²) in [6, 6.07) is 6.85. The average Bonchev–Trinajstić information content (AvgIpc) is 2.74. The molecule has 1 aromatic carbocycles. The monoisotopic (exact) mass is 247 g/mol. The molecule has 0 radical (unpaired) electrons. The molecule has 1 fully saturated rings. The van der Waals surface area contributed by atoms with Gasteiger partial charge in [0.15, 0.2) is 0 Å². The fraction of sp³-hybridized carbons (Fsp3) is 0.462. The van der Waals surface area contributed by atoms with Gasteiger partial charge < -0.3 is 10.3 Å². The summed E-state index contributed by atoms with van der Waals surface area (Å²) in [5.41, 5.74) is 3.52. The molecule has 1 aliphatic rings. The molecule has 1 aliphatic heterocycles. The van der Waals surface area contributed by atoms with Gasteiger partial charge in [0, 0.05) is 30.5 Å². The lowest BCUT2D eigenvalue weighted by molar-refractivity contribution is 0.553. The van der Waals surface area contributed by atoms with Gasteiger partial charge in [-0.25, -0.2) is 4.98 Å². The van der Waals surface area contributed by atoms with Crippen LogP contribution in [0.1, 0.15) is 11.4 Å². The van der Waals surface area contributed by atoms with Gasteiger partial charge in [0.05, 0.1) is 11.0 Å². The van der Waals surface area contributed by atoms with Crippen LogP contribution >= 0.6 is 11.8 Å². The summed E-state index contributed by atoms with van der Waals surface area (Å²) in [6.45, 7) is 3.23. The first kappa shape index (κ1) is 11.1. The van der Waals surface area contributed by atoms with Crippen molar-refractivity contribution in [1.82, 2.24) is 15.3 Å². The maximum absolute atomic E-state index is 4.70. The van der Waals surface area contributed by atoms with Gasteiger partial charge in [-0.15, -0.1) is 0 Å². The summed E-state index contributed by atoms with van der Waals surface area (Å²) >= 11 is 2.03. The SMILES string of the molecule is Cc1cccc2[nH]c(CC3CSCCN3)nc12.